The van der Waals surface area contributed by atoms with Crippen molar-refractivity contribution in [3.63, 3.8) is 0 Å². The molecule has 11 heteroatoms. The Hall–Kier alpha value is -16.3. The second kappa shape index (κ2) is 37.0. The highest BCUT2D eigenvalue weighted by Gasteiger charge is 2.20. The zero-order valence-electron chi connectivity index (χ0n) is 78.8. The van der Waals surface area contributed by atoms with Gasteiger partial charge in [-0.25, -0.2) is 4.39 Å². The van der Waals surface area contributed by atoms with Crippen LogP contribution >= 0.6 is 56.9 Å². The molecule has 0 saturated heterocycles. The van der Waals surface area contributed by atoms with Gasteiger partial charge in [-0.2, -0.15) is 0 Å². The third-order valence-corrected chi connectivity index (χ3v) is 33.6. The molecule has 0 aliphatic rings. The van der Waals surface area contributed by atoms with E-state index in [-0.39, 0.29) is 5.82 Å². The number of benzene rings is 25. The van der Waals surface area contributed by atoms with Crippen LogP contribution in [-0.4, -0.2) is 20.8 Å². The lowest BCUT2D eigenvalue weighted by atomic mass is 9.96. The number of unbranched alkanes of at least 4 members (excludes halogenated alkanes) is 2. The average molecular weight is 1950 g/mol. The van der Waals surface area contributed by atoms with E-state index in [0.717, 1.165) is 111 Å². The quantitative estimate of drug-likeness (QED) is 0.112. The van der Waals surface area contributed by atoms with E-state index in [1.165, 1.54) is 208 Å². The van der Waals surface area contributed by atoms with Crippen molar-refractivity contribution >= 4 is 311 Å². The summed E-state index contributed by atoms with van der Waals surface area (Å²) in [7, 11) is 3.44. The smallest absolute Gasteiger partial charge is 0.143 e. The lowest BCUT2D eigenvalue weighted by molar-refractivity contribution is 0.306. The van der Waals surface area contributed by atoms with Crippen molar-refractivity contribution < 1.29 is 27.4 Å². The van der Waals surface area contributed by atoms with Crippen LogP contribution < -0.4 is 14.2 Å². The summed E-state index contributed by atoms with van der Waals surface area (Å²) in [6.07, 6.45) is 3.57. The van der Waals surface area contributed by atoms with Gasteiger partial charge in [0.2, 0.25) is 0 Å². The molecule has 0 atom stereocenters. The van der Waals surface area contributed by atoms with Crippen LogP contribution in [0.1, 0.15) is 26.2 Å². The van der Waals surface area contributed by atoms with Crippen molar-refractivity contribution in [1.29, 1.82) is 0 Å². The van der Waals surface area contributed by atoms with E-state index in [1.54, 1.807) is 20.3 Å². The number of hydrogen-bond donors (Lipinski definition) is 0. The molecule has 0 aliphatic carbocycles. The summed E-state index contributed by atoms with van der Waals surface area (Å²) in [5.74, 6) is 2.61. The zero-order valence-corrected chi connectivity index (χ0v) is 82.8. The Morgan fingerprint density at radius 2 is 0.535 bits per heavy atom. The third-order valence-electron chi connectivity index (χ3n) is 28.6. The molecule has 0 saturated carbocycles. The van der Waals surface area contributed by atoms with Crippen LogP contribution in [0.15, 0.2) is 440 Å². The molecule has 0 aliphatic heterocycles. The molecule has 5 nitrogen and oxygen atoms in total. The number of hydrogen-bond acceptors (Lipinski definition) is 9. The van der Waals surface area contributed by atoms with Crippen LogP contribution in [0, 0.1) is 5.82 Å². The van der Waals surface area contributed by atoms with Gasteiger partial charge in [0.05, 0.1) is 20.8 Å². The molecule has 144 heavy (non-hydrogen) atoms. The second-order valence-electron chi connectivity index (χ2n) is 36.9. The highest BCUT2D eigenvalue weighted by Crippen LogP contribution is 2.49. The Labute approximate surface area is 848 Å². The van der Waals surface area contributed by atoms with Crippen LogP contribution in [0.3, 0.4) is 0 Å². The molecule has 688 valence electrons. The first-order valence-electron chi connectivity index (χ1n) is 48.7. The number of halogens is 2. The maximum absolute atomic E-state index is 13.4. The highest BCUT2D eigenvalue weighted by molar-refractivity contribution is 7.28. The summed E-state index contributed by atoms with van der Waals surface area (Å²) in [6.45, 7) is 3.02. The number of rotatable bonds is 8. The molecule has 0 spiro atoms. The molecule has 0 amide bonds. The Morgan fingerprint density at radius 1 is 0.229 bits per heavy atom. The molecular formula is C133H88ClFO5S4. The second-order valence-corrected chi connectivity index (χ2v) is 41.5. The Balaban J connectivity index is 0.0000000883. The first kappa shape index (κ1) is 87.9. The lowest BCUT2D eigenvalue weighted by Crippen LogP contribution is -1.96. The van der Waals surface area contributed by atoms with E-state index in [2.05, 4.69) is 347 Å². The van der Waals surface area contributed by atoms with Crippen molar-refractivity contribution in [2.45, 2.75) is 26.2 Å². The topological polar surface area (TPSA) is 54.0 Å². The maximum Gasteiger partial charge on any atom is 0.143 e. The molecule has 0 radical (unpaired) electrons. The molecule has 0 bridgehead atoms. The van der Waals surface area contributed by atoms with Gasteiger partial charge in [0.15, 0.2) is 0 Å². The largest absolute Gasteiger partial charge is 0.497 e. The Bertz CT molecular complexity index is 10200. The number of ether oxygens (including phenoxy) is 3. The van der Waals surface area contributed by atoms with Gasteiger partial charge >= 0.3 is 0 Å². The summed E-state index contributed by atoms with van der Waals surface area (Å²) in [5.41, 5.74) is 6.20. The van der Waals surface area contributed by atoms with Gasteiger partial charge in [0, 0.05) is 140 Å². The molecule has 0 N–H and O–H groups in total. The van der Waals surface area contributed by atoms with Crippen molar-refractivity contribution in [1.82, 2.24) is 0 Å². The molecule has 0 unspecified atom stereocenters. The zero-order chi connectivity index (χ0) is 96.2. The van der Waals surface area contributed by atoms with E-state index in [0.29, 0.717) is 0 Å². The fourth-order valence-corrected chi connectivity index (χ4v) is 26.7. The van der Waals surface area contributed by atoms with E-state index in [4.69, 9.17) is 34.6 Å². The predicted molar refractivity (Wildman–Crippen MR) is 623 cm³/mol. The van der Waals surface area contributed by atoms with Gasteiger partial charge in [-0.1, -0.05) is 335 Å². The predicted octanol–water partition coefficient (Wildman–Crippen LogP) is 41.3. The van der Waals surface area contributed by atoms with Crippen LogP contribution in [0.4, 0.5) is 4.39 Å². The van der Waals surface area contributed by atoms with Gasteiger partial charge in [0.25, 0.3) is 0 Å². The fraction of sp³-hybridized carbons (Fsp3) is 0.0526. The minimum Gasteiger partial charge on any atom is -0.497 e. The number of thiophene rings is 4. The molecule has 6 aromatic heterocycles. The van der Waals surface area contributed by atoms with Crippen molar-refractivity contribution in [3.8, 4) is 28.4 Å². The average Bonchev–Trinajstić information content (AvgIpc) is 1.44. The SMILES string of the molecule is CCCCCOc1ccc2c(c1)sc1c2ccc2c3ccccc3ccc21.COc1ccc2c(c1)sc1c2ccc2c3ccccc3ccc21.COc1ccc2c(c1)sc1c2ccc2c3ccccc3ccc21.Clc1ccc2c(ccc3c2ccc2c4ccccc4oc23)c1.Fc1ccc2c(ccc3c2ccc2c4ccccc4oc23)c1.c1ccc(-c2ccc3c(ccc4c3ccc3c5ccccc5sc34)c2)cc1. The van der Waals surface area contributed by atoms with Gasteiger partial charge in [-0.3, -0.25) is 0 Å². The van der Waals surface area contributed by atoms with E-state index in [1.807, 2.05) is 124 Å². The Morgan fingerprint density at radius 3 is 1.00 bits per heavy atom. The lowest BCUT2D eigenvalue weighted by Gasteiger charge is -2.08. The van der Waals surface area contributed by atoms with Crippen molar-refractivity contribution in [2.75, 3.05) is 20.8 Å². The fourth-order valence-electron chi connectivity index (χ4n) is 21.5. The molecule has 0 fully saturated rings. The minimum atomic E-state index is -0.211. The molecule has 25 aromatic carbocycles. The summed E-state index contributed by atoms with van der Waals surface area (Å²) in [4.78, 5) is 0. The number of furan rings is 2. The number of fused-ring (bicyclic) bond motifs is 42. The Kier molecular flexibility index (Phi) is 22.6. The van der Waals surface area contributed by atoms with Crippen molar-refractivity contribution in [3.05, 3.63) is 442 Å². The number of methoxy groups -OCH3 is 2. The summed E-state index contributed by atoms with van der Waals surface area (Å²) in [5, 5.41) is 46.0. The summed E-state index contributed by atoms with van der Waals surface area (Å²) in [6, 6.07) is 151. The summed E-state index contributed by atoms with van der Waals surface area (Å²) < 4.78 is 53.0. The van der Waals surface area contributed by atoms with Crippen LogP contribution in [-0.2, 0) is 0 Å². The van der Waals surface area contributed by atoms with Gasteiger partial charge in [-0.05, 0) is 242 Å². The summed E-state index contributed by atoms with van der Waals surface area (Å²) >= 11 is 13.6. The number of para-hydroxylation sites is 2. The standard InChI is InChI=1S/C26H16S.C25H22OS.2C21H14OS.C20H11ClO.C20H11FO/c1-2-6-17(7-3-1)18-10-12-20-19(16-18)11-13-23-21(20)14-15-24-22-8-4-5-9-25(22)27-26(23)24;1-2-3-6-15-26-18-10-12-21-23-14-13-20-19-8-5-4-7-17(19)9-11-22(20)25(23)27-24(21)16-18;2*1-22-14-7-9-17-19-11-10-16-15-5-3-2-4-13(15)6-8-18(16)21(19)23-20(17)12-14;2*21-13-6-8-14-12(11-13)5-7-17-15(14)9-10-18-16-3-1-2-4-19(16)22-20(17)18/h1-16H;4-5,7-14,16H,2-3,6,15H2,1H3;2*2-12H,1H3;2*1-11H. The van der Waals surface area contributed by atoms with E-state index < -0.39 is 0 Å². The van der Waals surface area contributed by atoms with Crippen LogP contribution in [0.25, 0.3) is 265 Å². The first-order valence-corrected chi connectivity index (χ1v) is 52.4. The molecule has 31 aromatic rings. The minimum absolute atomic E-state index is 0.211. The van der Waals surface area contributed by atoms with E-state index in [9.17, 15) is 4.39 Å². The van der Waals surface area contributed by atoms with Crippen LogP contribution in [0.2, 0.25) is 5.02 Å². The molecule has 31 rings (SSSR count). The third kappa shape index (κ3) is 15.6. The van der Waals surface area contributed by atoms with Gasteiger partial charge in [0.1, 0.15) is 45.4 Å². The van der Waals surface area contributed by atoms with Gasteiger partial charge < -0.3 is 23.0 Å². The molecule has 6 heterocycles. The maximum atomic E-state index is 13.4. The van der Waals surface area contributed by atoms with E-state index >= 15 is 0 Å². The monoisotopic (exact) mass is 1950 g/mol. The normalized spacial score (nSPS) is 11.8. The van der Waals surface area contributed by atoms with Crippen LogP contribution in [0.5, 0.6) is 17.2 Å². The molecular weight excluding hydrogens is 1860 g/mol. The van der Waals surface area contributed by atoms with Gasteiger partial charge in [-0.15, -0.1) is 45.3 Å². The van der Waals surface area contributed by atoms with Crippen molar-refractivity contribution in [2.24, 2.45) is 0 Å². The highest BCUT2D eigenvalue weighted by atomic mass is 35.5. The first-order chi connectivity index (χ1) is 71.0.